The first kappa shape index (κ1) is 16.0. The lowest BCUT2D eigenvalue weighted by Gasteiger charge is -2.08. The number of halogens is 3. The smallest absolute Gasteiger partial charge is 0.376 e. The largest absolute Gasteiger partial charge is 0.391 e. The van der Waals surface area contributed by atoms with Crippen LogP contribution in [0.4, 0.5) is 13.2 Å². The second-order valence-electron chi connectivity index (χ2n) is 4.34. The predicted molar refractivity (Wildman–Crippen MR) is 69.0 cm³/mol. The highest BCUT2D eigenvalue weighted by molar-refractivity contribution is 5.22. The summed E-state index contributed by atoms with van der Waals surface area (Å²) in [6.45, 7) is 3.87. The Balaban J connectivity index is 2.24. The molecule has 1 aromatic carbocycles. The maximum atomic E-state index is 11.9. The van der Waals surface area contributed by atoms with Gasteiger partial charge in [-0.25, -0.2) is 0 Å². The molecule has 0 aliphatic carbocycles. The molecule has 0 amide bonds. The SMILES string of the molecule is CCNCCc1ccc(COCCC(F)(F)F)cc1. The summed E-state index contributed by atoms with van der Waals surface area (Å²) < 4.78 is 40.7. The van der Waals surface area contributed by atoms with Crippen LogP contribution in [-0.4, -0.2) is 25.9 Å². The molecule has 2 nitrogen and oxygen atoms in total. The van der Waals surface area contributed by atoms with Gasteiger partial charge >= 0.3 is 6.18 Å². The van der Waals surface area contributed by atoms with Crippen LogP contribution in [0, 0.1) is 0 Å². The topological polar surface area (TPSA) is 21.3 Å². The molecule has 108 valence electrons. The molecular weight excluding hydrogens is 255 g/mol. The molecule has 0 fully saturated rings. The monoisotopic (exact) mass is 275 g/mol. The summed E-state index contributed by atoms with van der Waals surface area (Å²) in [6.07, 6.45) is -4.09. The first-order valence-electron chi connectivity index (χ1n) is 6.44. The van der Waals surface area contributed by atoms with Gasteiger partial charge in [0.05, 0.1) is 19.6 Å². The molecule has 0 saturated heterocycles. The number of likely N-dealkylation sites (N-methyl/N-ethyl adjacent to an activating group) is 1. The second-order valence-corrected chi connectivity index (χ2v) is 4.34. The van der Waals surface area contributed by atoms with E-state index in [0.29, 0.717) is 0 Å². The van der Waals surface area contributed by atoms with Gasteiger partial charge in [0.2, 0.25) is 0 Å². The molecule has 0 heterocycles. The van der Waals surface area contributed by atoms with Crippen molar-refractivity contribution < 1.29 is 17.9 Å². The molecule has 0 spiro atoms. The highest BCUT2D eigenvalue weighted by Gasteiger charge is 2.26. The molecule has 1 N–H and O–H groups in total. The number of benzene rings is 1. The predicted octanol–water partition coefficient (Wildman–Crippen LogP) is 3.31. The molecule has 0 aliphatic heterocycles. The minimum Gasteiger partial charge on any atom is -0.376 e. The van der Waals surface area contributed by atoms with Gasteiger partial charge in [0.25, 0.3) is 0 Å². The summed E-state index contributed by atoms with van der Waals surface area (Å²) in [5, 5.41) is 3.24. The third-order valence-corrected chi connectivity index (χ3v) is 2.66. The summed E-state index contributed by atoms with van der Waals surface area (Å²) in [5.41, 5.74) is 2.11. The lowest BCUT2D eigenvalue weighted by atomic mass is 10.1. The van der Waals surface area contributed by atoms with Gasteiger partial charge in [-0.2, -0.15) is 13.2 Å². The van der Waals surface area contributed by atoms with Crippen molar-refractivity contribution in [2.24, 2.45) is 0 Å². The number of nitrogens with one attached hydrogen (secondary N) is 1. The van der Waals surface area contributed by atoms with Gasteiger partial charge in [0.1, 0.15) is 0 Å². The van der Waals surface area contributed by atoms with Crippen LogP contribution in [-0.2, 0) is 17.8 Å². The molecule has 1 aromatic rings. The Labute approximate surface area is 112 Å². The van der Waals surface area contributed by atoms with E-state index in [1.165, 1.54) is 5.56 Å². The first-order valence-corrected chi connectivity index (χ1v) is 6.44. The fourth-order valence-electron chi connectivity index (χ4n) is 1.59. The molecule has 0 radical (unpaired) electrons. The molecule has 0 aliphatic rings. The Hall–Kier alpha value is -1.07. The Kier molecular flexibility index (Phi) is 6.87. The van der Waals surface area contributed by atoms with Gasteiger partial charge < -0.3 is 10.1 Å². The Bertz CT molecular complexity index is 349. The Morgan fingerprint density at radius 2 is 1.74 bits per heavy atom. The summed E-state index contributed by atoms with van der Waals surface area (Å²) in [7, 11) is 0. The van der Waals surface area contributed by atoms with Gasteiger partial charge in [0, 0.05) is 0 Å². The van der Waals surface area contributed by atoms with Crippen molar-refractivity contribution in [2.75, 3.05) is 19.7 Å². The van der Waals surface area contributed by atoms with E-state index in [2.05, 4.69) is 12.2 Å². The third kappa shape index (κ3) is 7.85. The summed E-state index contributed by atoms with van der Waals surface area (Å²) in [4.78, 5) is 0. The van der Waals surface area contributed by atoms with Gasteiger partial charge in [-0.3, -0.25) is 0 Å². The quantitative estimate of drug-likeness (QED) is 0.735. The van der Waals surface area contributed by atoms with Crippen LogP contribution in [0.5, 0.6) is 0 Å². The van der Waals surface area contributed by atoms with E-state index in [9.17, 15) is 13.2 Å². The van der Waals surface area contributed by atoms with Crippen LogP contribution in [0.3, 0.4) is 0 Å². The lowest BCUT2D eigenvalue weighted by molar-refractivity contribution is -0.146. The van der Waals surface area contributed by atoms with Crippen LogP contribution in [0.1, 0.15) is 24.5 Å². The molecular formula is C14H20F3NO. The summed E-state index contributed by atoms with van der Waals surface area (Å²) >= 11 is 0. The van der Waals surface area contributed by atoms with Crippen molar-refractivity contribution in [3.63, 3.8) is 0 Å². The van der Waals surface area contributed by atoms with Crippen molar-refractivity contribution in [3.05, 3.63) is 35.4 Å². The zero-order chi connectivity index (χ0) is 14.1. The van der Waals surface area contributed by atoms with E-state index in [1.54, 1.807) is 0 Å². The van der Waals surface area contributed by atoms with Crippen LogP contribution >= 0.6 is 0 Å². The third-order valence-electron chi connectivity index (χ3n) is 2.66. The van der Waals surface area contributed by atoms with E-state index in [0.717, 1.165) is 25.1 Å². The number of ether oxygens (including phenoxy) is 1. The Morgan fingerprint density at radius 1 is 1.11 bits per heavy atom. The number of hydrogen-bond acceptors (Lipinski definition) is 2. The zero-order valence-electron chi connectivity index (χ0n) is 11.1. The van der Waals surface area contributed by atoms with Gasteiger partial charge in [0.15, 0.2) is 0 Å². The average Bonchev–Trinajstić information content (AvgIpc) is 2.36. The van der Waals surface area contributed by atoms with Gasteiger partial charge in [-0.05, 0) is 30.6 Å². The molecule has 0 unspecified atom stereocenters. The highest BCUT2D eigenvalue weighted by Crippen LogP contribution is 2.19. The molecule has 0 saturated carbocycles. The second kappa shape index (κ2) is 8.17. The Morgan fingerprint density at radius 3 is 2.32 bits per heavy atom. The highest BCUT2D eigenvalue weighted by atomic mass is 19.4. The normalized spacial score (nSPS) is 11.8. The number of rotatable bonds is 8. The average molecular weight is 275 g/mol. The molecule has 0 atom stereocenters. The minimum atomic E-state index is -4.14. The molecule has 0 aromatic heterocycles. The lowest BCUT2D eigenvalue weighted by Crippen LogP contribution is -2.16. The van der Waals surface area contributed by atoms with Crippen molar-refractivity contribution >= 4 is 0 Å². The van der Waals surface area contributed by atoms with Gasteiger partial charge in [-0.15, -0.1) is 0 Å². The fraction of sp³-hybridized carbons (Fsp3) is 0.571. The summed E-state index contributed by atoms with van der Waals surface area (Å²) in [5.74, 6) is 0. The zero-order valence-corrected chi connectivity index (χ0v) is 11.1. The first-order chi connectivity index (χ1) is 9.01. The van der Waals surface area contributed by atoms with E-state index >= 15 is 0 Å². The van der Waals surface area contributed by atoms with E-state index in [1.807, 2.05) is 24.3 Å². The molecule has 1 rings (SSSR count). The molecule has 5 heteroatoms. The maximum absolute atomic E-state index is 11.9. The fourth-order valence-corrected chi connectivity index (χ4v) is 1.59. The van der Waals surface area contributed by atoms with Crippen molar-refractivity contribution in [2.45, 2.75) is 32.5 Å². The minimum absolute atomic E-state index is 0.226. The molecule has 19 heavy (non-hydrogen) atoms. The van der Waals surface area contributed by atoms with E-state index in [4.69, 9.17) is 4.74 Å². The summed E-state index contributed by atoms with van der Waals surface area (Å²) in [6, 6.07) is 7.77. The number of hydrogen-bond donors (Lipinski definition) is 1. The van der Waals surface area contributed by atoms with Crippen LogP contribution in [0.15, 0.2) is 24.3 Å². The van der Waals surface area contributed by atoms with Crippen molar-refractivity contribution in [1.29, 1.82) is 0 Å². The van der Waals surface area contributed by atoms with Crippen molar-refractivity contribution in [3.8, 4) is 0 Å². The van der Waals surface area contributed by atoms with Crippen molar-refractivity contribution in [1.82, 2.24) is 5.32 Å². The van der Waals surface area contributed by atoms with E-state index < -0.39 is 12.6 Å². The van der Waals surface area contributed by atoms with Gasteiger partial charge in [-0.1, -0.05) is 31.2 Å². The van der Waals surface area contributed by atoms with E-state index in [-0.39, 0.29) is 13.2 Å². The molecule has 0 bridgehead atoms. The van der Waals surface area contributed by atoms with Crippen LogP contribution < -0.4 is 5.32 Å². The number of alkyl halides is 3. The van der Waals surface area contributed by atoms with Crippen LogP contribution in [0.25, 0.3) is 0 Å². The standard InChI is InChI=1S/C14H20F3NO/c1-2-18-9-7-12-3-5-13(6-4-12)11-19-10-8-14(15,16)17/h3-6,18H,2,7-11H2,1H3. The van der Waals surface area contributed by atoms with Crippen LogP contribution in [0.2, 0.25) is 0 Å². The maximum Gasteiger partial charge on any atom is 0.391 e.